The summed E-state index contributed by atoms with van der Waals surface area (Å²) >= 11 is -0.113. The zero-order valence-corrected chi connectivity index (χ0v) is 14.4. The molecule has 0 fully saturated rings. The minimum absolute atomic E-state index is 0.0702. The van der Waals surface area contributed by atoms with Crippen molar-refractivity contribution in [1.82, 2.24) is 19.6 Å². The summed E-state index contributed by atoms with van der Waals surface area (Å²) in [6, 6.07) is 8.18. The first-order valence-electron chi connectivity index (χ1n) is 7.65. The Morgan fingerprint density at radius 3 is 2.60 bits per heavy atom. The summed E-state index contributed by atoms with van der Waals surface area (Å²) < 4.78 is 38.9. The number of rotatable bonds is 5. The van der Waals surface area contributed by atoms with Gasteiger partial charge in [-0.1, -0.05) is 19.1 Å². The number of fused-ring (bicyclic) bond motifs is 1. The third-order valence-corrected chi connectivity index (χ3v) is 4.37. The SMILES string of the molecule is CC[C@@H](Nc1cc(C)nc2ncnn12)c1ccc(SC(F)(F)F)cc1. The molecule has 25 heavy (non-hydrogen) atoms. The summed E-state index contributed by atoms with van der Waals surface area (Å²) in [6.45, 7) is 3.87. The molecule has 0 radical (unpaired) electrons. The van der Waals surface area contributed by atoms with Crippen LogP contribution in [0.2, 0.25) is 0 Å². The molecule has 0 bridgehead atoms. The van der Waals surface area contributed by atoms with E-state index < -0.39 is 5.51 Å². The molecule has 0 amide bonds. The number of hydrogen-bond acceptors (Lipinski definition) is 5. The van der Waals surface area contributed by atoms with Gasteiger partial charge in [0.25, 0.3) is 5.78 Å². The van der Waals surface area contributed by atoms with E-state index in [9.17, 15) is 13.2 Å². The van der Waals surface area contributed by atoms with E-state index in [1.165, 1.54) is 18.5 Å². The lowest BCUT2D eigenvalue weighted by molar-refractivity contribution is -0.0328. The third kappa shape index (κ3) is 4.22. The predicted molar refractivity (Wildman–Crippen MR) is 90.5 cm³/mol. The average Bonchev–Trinajstić information content (AvgIpc) is 3.00. The van der Waals surface area contributed by atoms with Gasteiger partial charge in [0.15, 0.2) is 0 Å². The molecule has 9 heteroatoms. The summed E-state index contributed by atoms with van der Waals surface area (Å²) in [4.78, 5) is 8.54. The lowest BCUT2D eigenvalue weighted by Gasteiger charge is -2.19. The first-order chi connectivity index (χ1) is 11.9. The molecule has 132 valence electrons. The molecular formula is C16H16F3N5S. The maximum Gasteiger partial charge on any atom is 0.446 e. The van der Waals surface area contributed by atoms with E-state index in [4.69, 9.17) is 0 Å². The fourth-order valence-corrected chi connectivity index (χ4v) is 3.07. The molecule has 1 atom stereocenters. The van der Waals surface area contributed by atoms with Crippen molar-refractivity contribution in [2.45, 2.75) is 36.7 Å². The number of halogens is 3. The van der Waals surface area contributed by atoms with Crippen molar-refractivity contribution in [1.29, 1.82) is 0 Å². The van der Waals surface area contributed by atoms with Gasteiger partial charge in [-0.2, -0.15) is 27.8 Å². The average molecular weight is 367 g/mol. The van der Waals surface area contributed by atoms with E-state index in [1.807, 2.05) is 19.9 Å². The Balaban J connectivity index is 1.83. The van der Waals surface area contributed by atoms with Crippen molar-refractivity contribution in [3.8, 4) is 0 Å². The Labute approximate surface area is 146 Å². The summed E-state index contributed by atoms with van der Waals surface area (Å²) in [7, 11) is 0. The van der Waals surface area contributed by atoms with Crippen molar-refractivity contribution in [2.24, 2.45) is 0 Å². The largest absolute Gasteiger partial charge is 0.446 e. The van der Waals surface area contributed by atoms with Crippen LogP contribution in [0.4, 0.5) is 19.0 Å². The van der Waals surface area contributed by atoms with E-state index in [2.05, 4.69) is 20.4 Å². The molecule has 0 aliphatic carbocycles. The highest BCUT2D eigenvalue weighted by Gasteiger charge is 2.29. The van der Waals surface area contributed by atoms with Gasteiger partial charge in [0, 0.05) is 16.7 Å². The summed E-state index contributed by atoms with van der Waals surface area (Å²) in [5.74, 6) is 1.23. The van der Waals surface area contributed by atoms with E-state index in [1.54, 1.807) is 16.6 Å². The molecule has 3 aromatic rings. The topological polar surface area (TPSA) is 55.1 Å². The number of nitrogens with one attached hydrogen (secondary N) is 1. The molecule has 0 saturated carbocycles. The van der Waals surface area contributed by atoms with Crippen LogP contribution in [0, 0.1) is 6.92 Å². The second kappa shape index (κ2) is 6.91. The summed E-state index contributed by atoms with van der Waals surface area (Å²) in [5, 5.41) is 7.52. The zero-order chi connectivity index (χ0) is 18.0. The first kappa shape index (κ1) is 17.5. The fourth-order valence-electron chi connectivity index (χ4n) is 2.53. The van der Waals surface area contributed by atoms with Crippen LogP contribution in [0.15, 0.2) is 41.6 Å². The number of aryl methyl sites for hydroxylation is 1. The van der Waals surface area contributed by atoms with E-state index in [0.29, 0.717) is 5.78 Å². The molecule has 0 spiro atoms. The van der Waals surface area contributed by atoms with Crippen LogP contribution in [0.1, 0.15) is 30.6 Å². The molecule has 2 aromatic heterocycles. The number of aromatic nitrogens is 4. The van der Waals surface area contributed by atoms with Gasteiger partial charge in [0.2, 0.25) is 0 Å². The maximum atomic E-state index is 12.4. The van der Waals surface area contributed by atoms with E-state index >= 15 is 0 Å². The second-order valence-corrected chi connectivity index (χ2v) is 6.62. The summed E-state index contributed by atoms with van der Waals surface area (Å²) in [5.41, 5.74) is -2.58. The number of alkyl halides is 3. The lowest BCUT2D eigenvalue weighted by atomic mass is 10.0. The Bertz CT molecular complexity index is 860. The number of nitrogens with zero attached hydrogens (tertiary/aromatic N) is 4. The molecule has 0 unspecified atom stereocenters. The minimum atomic E-state index is -4.28. The molecule has 2 heterocycles. The van der Waals surface area contributed by atoms with Crippen LogP contribution in [0.25, 0.3) is 5.78 Å². The van der Waals surface area contributed by atoms with Crippen LogP contribution < -0.4 is 5.32 Å². The maximum absolute atomic E-state index is 12.4. The first-order valence-corrected chi connectivity index (χ1v) is 8.47. The summed E-state index contributed by atoms with van der Waals surface area (Å²) in [6.07, 6.45) is 2.18. The molecule has 1 N–H and O–H groups in total. The monoisotopic (exact) mass is 367 g/mol. The van der Waals surface area contributed by atoms with Gasteiger partial charge in [0.1, 0.15) is 12.1 Å². The highest BCUT2D eigenvalue weighted by Crippen LogP contribution is 2.37. The van der Waals surface area contributed by atoms with Crippen molar-refractivity contribution >= 4 is 23.4 Å². The van der Waals surface area contributed by atoms with E-state index in [0.717, 1.165) is 23.5 Å². The molecule has 5 nitrogen and oxygen atoms in total. The van der Waals surface area contributed by atoms with Gasteiger partial charge in [-0.15, -0.1) is 0 Å². The fraction of sp³-hybridized carbons (Fsp3) is 0.312. The van der Waals surface area contributed by atoms with Crippen LogP contribution in [-0.2, 0) is 0 Å². The molecule has 1 aromatic carbocycles. The third-order valence-electron chi connectivity index (χ3n) is 3.63. The molecular weight excluding hydrogens is 351 g/mol. The number of benzene rings is 1. The predicted octanol–water partition coefficient (Wildman–Crippen LogP) is 4.61. The highest BCUT2D eigenvalue weighted by atomic mass is 32.2. The van der Waals surface area contributed by atoms with Gasteiger partial charge in [-0.3, -0.25) is 0 Å². The highest BCUT2D eigenvalue weighted by molar-refractivity contribution is 8.00. The second-order valence-electron chi connectivity index (χ2n) is 5.48. The Hall–Kier alpha value is -2.29. The van der Waals surface area contributed by atoms with Crippen LogP contribution in [0.3, 0.4) is 0 Å². The normalized spacial score (nSPS) is 13.2. The van der Waals surface area contributed by atoms with Crippen LogP contribution in [-0.4, -0.2) is 25.1 Å². The van der Waals surface area contributed by atoms with Crippen molar-refractivity contribution in [3.63, 3.8) is 0 Å². The van der Waals surface area contributed by atoms with Crippen LogP contribution in [0.5, 0.6) is 0 Å². The Morgan fingerprint density at radius 2 is 1.96 bits per heavy atom. The van der Waals surface area contributed by atoms with Crippen molar-refractivity contribution < 1.29 is 13.2 Å². The lowest BCUT2D eigenvalue weighted by Crippen LogP contribution is -2.13. The Kier molecular flexibility index (Phi) is 4.85. The van der Waals surface area contributed by atoms with E-state index in [-0.39, 0.29) is 22.7 Å². The molecule has 0 aliphatic heterocycles. The number of thioether (sulfide) groups is 1. The molecule has 0 saturated heterocycles. The molecule has 3 rings (SSSR count). The smallest absolute Gasteiger partial charge is 0.363 e. The quantitative estimate of drug-likeness (QED) is 0.668. The number of anilines is 1. The van der Waals surface area contributed by atoms with Crippen molar-refractivity contribution in [2.75, 3.05) is 5.32 Å². The Morgan fingerprint density at radius 1 is 1.24 bits per heavy atom. The van der Waals surface area contributed by atoms with Gasteiger partial charge in [-0.25, -0.2) is 4.98 Å². The van der Waals surface area contributed by atoms with Crippen LogP contribution >= 0.6 is 11.8 Å². The van der Waals surface area contributed by atoms with Gasteiger partial charge < -0.3 is 5.32 Å². The van der Waals surface area contributed by atoms with Gasteiger partial charge >= 0.3 is 5.51 Å². The number of hydrogen-bond donors (Lipinski definition) is 1. The minimum Gasteiger partial charge on any atom is -0.363 e. The standard InChI is InChI=1S/C16H16F3N5S/c1-3-13(11-4-6-12(7-5-11)25-16(17,18)19)23-14-8-10(2)22-15-20-9-21-24(14)15/h4-9,13,23H,3H2,1-2H3/t13-/m1/s1. The molecule has 0 aliphatic rings. The van der Waals surface area contributed by atoms with Gasteiger partial charge in [-0.05, 0) is 42.8 Å². The van der Waals surface area contributed by atoms with Gasteiger partial charge in [0.05, 0.1) is 6.04 Å². The van der Waals surface area contributed by atoms with Crippen molar-refractivity contribution in [3.05, 3.63) is 47.9 Å². The zero-order valence-electron chi connectivity index (χ0n) is 13.6.